The fourth-order valence-electron chi connectivity index (χ4n) is 2.50. The van der Waals surface area contributed by atoms with Gasteiger partial charge in [-0.05, 0) is 44.1 Å². The third kappa shape index (κ3) is 5.39. The van der Waals surface area contributed by atoms with Gasteiger partial charge in [0.05, 0.1) is 12.2 Å². The van der Waals surface area contributed by atoms with Crippen molar-refractivity contribution in [3.8, 4) is 0 Å². The maximum absolute atomic E-state index is 5.97. The average molecular weight is 241 g/mol. The standard InChI is InChI=1S/C15H31NO/c1-11(2)16-10-13(15(4,5)6)9-14-8-7-12(3)17-14/h11-14,16H,7-10H2,1-6H3. The molecule has 0 bridgehead atoms. The molecule has 0 aromatic carbocycles. The zero-order chi connectivity index (χ0) is 13.1. The van der Waals surface area contributed by atoms with E-state index < -0.39 is 0 Å². The number of hydrogen-bond acceptors (Lipinski definition) is 2. The Morgan fingerprint density at radius 1 is 1.24 bits per heavy atom. The van der Waals surface area contributed by atoms with Crippen LogP contribution in [0.5, 0.6) is 0 Å². The molecule has 1 aliphatic heterocycles. The van der Waals surface area contributed by atoms with Crippen LogP contribution in [0, 0.1) is 11.3 Å². The van der Waals surface area contributed by atoms with Crippen LogP contribution in [0.4, 0.5) is 0 Å². The van der Waals surface area contributed by atoms with Crippen molar-refractivity contribution in [2.45, 2.75) is 79.1 Å². The molecule has 0 aromatic heterocycles. The lowest BCUT2D eigenvalue weighted by Crippen LogP contribution is -2.37. The molecule has 0 amide bonds. The van der Waals surface area contributed by atoms with Crippen LogP contribution in [0.25, 0.3) is 0 Å². The Labute approximate surface area is 108 Å². The van der Waals surface area contributed by atoms with Gasteiger partial charge in [0.15, 0.2) is 0 Å². The molecule has 2 heteroatoms. The lowest BCUT2D eigenvalue weighted by Gasteiger charge is -2.33. The smallest absolute Gasteiger partial charge is 0.0583 e. The zero-order valence-electron chi connectivity index (χ0n) is 12.5. The van der Waals surface area contributed by atoms with Gasteiger partial charge < -0.3 is 10.1 Å². The van der Waals surface area contributed by atoms with Crippen molar-refractivity contribution in [1.82, 2.24) is 5.32 Å². The Bertz CT molecular complexity index is 219. The predicted octanol–water partition coefficient (Wildman–Crippen LogP) is 3.60. The quantitative estimate of drug-likeness (QED) is 0.794. The minimum absolute atomic E-state index is 0.358. The normalized spacial score (nSPS) is 27.7. The van der Waals surface area contributed by atoms with Crippen LogP contribution in [0.3, 0.4) is 0 Å². The van der Waals surface area contributed by atoms with E-state index in [0.29, 0.717) is 29.6 Å². The van der Waals surface area contributed by atoms with Gasteiger partial charge in [-0.25, -0.2) is 0 Å². The Balaban J connectivity index is 2.46. The number of ether oxygens (including phenoxy) is 1. The highest BCUT2D eigenvalue weighted by atomic mass is 16.5. The van der Waals surface area contributed by atoms with Crippen molar-refractivity contribution in [2.24, 2.45) is 11.3 Å². The van der Waals surface area contributed by atoms with E-state index in [4.69, 9.17) is 4.74 Å². The summed E-state index contributed by atoms with van der Waals surface area (Å²) in [5.74, 6) is 0.695. The fraction of sp³-hybridized carbons (Fsp3) is 1.00. The summed E-state index contributed by atoms with van der Waals surface area (Å²) >= 11 is 0. The SMILES string of the molecule is CC(C)NCC(CC1CCC(C)O1)C(C)(C)C. The molecule has 1 heterocycles. The van der Waals surface area contributed by atoms with Gasteiger partial charge in [-0.15, -0.1) is 0 Å². The summed E-state index contributed by atoms with van der Waals surface area (Å²) in [6.45, 7) is 14.8. The third-order valence-electron chi connectivity index (χ3n) is 3.86. The molecule has 17 heavy (non-hydrogen) atoms. The summed E-state index contributed by atoms with van der Waals surface area (Å²) in [6.07, 6.45) is 4.64. The highest BCUT2D eigenvalue weighted by Crippen LogP contribution is 2.33. The molecule has 0 saturated carbocycles. The Hall–Kier alpha value is -0.0800. The molecule has 0 aliphatic carbocycles. The summed E-state index contributed by atoms with van der Waals surface area (Å²) in [7, 11) is 0. The Morgan fingerprint density at radius 3 is 2.29 bits per heavy atom. The van der Waals surface area contributed by atoms with E-state index in [2.05, 4.69) is 46.9 Å². The second kappa shape index (κ2) is 6.19. The van der Waals surface area contributed by atoms with E-state index in [0.717, 1.165) is 6.54 Å². The number of rotatable bonds is 5. The van der Waals surface area contributed by atoms with E-state index in [1.165, 1.54) is 19.3 Å². The van der Waals surface area contributed by atoms with Crippen molar-refractivity contribution >= 4 is 0 Å². The van der Waals surface area contributed by atoms with E-state index in [1.807, 2.05) is 0 Å². The first-order valence-electron chi connectivity index (χ1n) is 7.18. The number of hydrogen-bond donors (Lipinski definition) is 1. The van der Waals surface area contributed by atoms with Crippen LogP contribution < -0.4 is 5.32 Å². The van der Waals surface area contributed by atoms with Gasteiger partial charge in [-0.2, -0.15) is 0 Å². The van der Waals surface area contributed by atoms with Crippen molar-refractivity contribution in [3.05, 3.63) is 0 Å². The second-order valence-corrected chi connectivity index (χ2v) is 7.01. The highest BCUT2D eigenvalue weighted by molar-refractivity contribution is 4.82. The molecule has 0 radical (unpaired) electrons. The molecule has 2 nitrogen and oxygen atoms in total. The Morgan fingerprint density at radius 2 is 1.88 bits per heavy atom. The predicted molar refractivity (Wildman–Crippen MR) is 74.3 cm³/mol. The van der Waals surface area contributed by atoms with Crippen molar-refractivity contribution in [1.29, 1.82) is 0 Å². The molecule has 1 rings (SSSR count). The fourth-order valence-corrected chi connectivity index (χ4v) is 2.50. The van der Waals surface area contributed by atoms with Gasteiger partial charge in [0.1, 0.15) is 0 Å². The van der Waals surface area contributed by atoms with Gasteiger partial charge in [0.25, 0.3) is 0 Å². The summed E-state index contributed by atoms with van der Waals surface area (Å²) in [4.78, 5) is 0. The summed E-state index contributed by atoms with van der Waals surface area (Å²) in [5, 5.41) is 3.58. The molecule has 102 valence electrons. The number of nitrogens with one attached hydrogen (secondary N) is 1. The first-order chi connectivity index (χ1) is 7.79. The molecule has 1 N–H and O–H groups in total. The van der Waals surface area contributed by atoms with E-state index in [9.17, 15) is 0 Å². The molecule has 3 unspecified atom stereocenters. The second-order valence-electron chi connectivity index (χ2n) is 7.01. The Kier molecular flexibility index (Phi) is 5.46. The molecule has 1 fully saturated rings. The van der Waals surface area contributed by atoms with Crippen LogP contribution >= 0.6 is 0 Å². The van der Waals surface area contributed by atoms with Crippen LogP contribution in [-0.2, 0) is 4.74 Å². The summed E-state index contributed by atoms with van der Waals surface area (Å²) in [5.41, 5.74) is 0.358. The van der Waals surface area contributed by atoms with Crippen molar-refractivity contribution in [3.63, 3.8) is 0 Å². The third-order valence-corrected chi connectivity index (χ3v) is 3.86. The molecule has 3 atom stereocenters. The minimum Gasteiger partial charge on any atom is -0.375 e. The molecule has 1 aliphatic rings. The van der Waals surface area contributed by atoms with Crippen molar-refractivity contribution < 1.29 is 4.74 Å². The molecule has 1 saturated heterocycles. The summed E-state index contributed by atoms with van der Waals surface area (Å²) in [6, 6.07) is 0.572. The van der Waals surface area contributed by atoms with E-state index in [-0.39, 0.29) is 0 Å². The largest absolute Gasteiger partial charge is 0.375 e. The monoisotopic (exact) mass is 241 g/mol. The lowest BCUT2D eigenvalue weighted by atomic mass is 9.77. The molecule has 0 spiro atoms. The topological polar surface area (TPSA) is 21.3 Å². The highest BCUT2D eigenvalue weighted by Gasteiger charge is 2.30. The van der Waals surface area contributed by atoms with Crippen LogP contribution in [0.2, 0.25) is 0 Å². The van der Waals surface area contributed by atoms with E-state index >= 15 is 0 Å². The molecule has 0 aromatic rings. The lowest BCUT2D eigenvalue weighted by molar-refractivity contribution is 0.0265. The molecular formula is C15H31NO. The zero-order valence-corrected chi connectivity index (χ0v) is 12.5. The summed E-state index contributed by atoms with van der Waals surface area (Å²) < 4.78 is 5.97. The van der Waals surface area contributed by atoms with Gasteiger partial charge in [0.2, 0.25) is 0 Å². The van der Waals surface area contributed by atoms with Gasteiger partial charge >= 0.3 is 0 Å². The first kappa shape index (κ1) is 15.0. The van der Waals surface area contributed by atoms with E-state index in [1.54, 1.807) is 0 Å². The maximum atomic E-state index is 5.97. The van der Waals surface area contributed by atoms with Crippen molar-refractivity contribution in [2.75, 3.05) is 6.54 Å². The molecular weight excluding hydrogens is 210 g/mol. The average Bonchev–Trinajstić information content (AvgIpc) is 2.56. The van der Waals surface area contributed by atoms with Gasteiger partial charge in [0, 0.05) is 6.04 Å². The van der Waals surface area contributed by atoms with Crippen LogP contribution in [-0.4, -0.2) is 24.8 Å². The van der Waals surface area contributed by atoms with Gasteiger partial charge in [-0.3, -0.25) is 0 Å². The first-order valence-corrected chi connectivity index (χ1v) is 7.18. The maximum Gasteiger partial charge on any atom is 0.0583 e. The van der Waals surface area contributed by atoms with Crippen LogP contribution in [0.1, 0.15) is 60.8 Å². The van der Waals surface area contributed by atoms with Crippen LogP contribution in [0.15, 0.2) is 0 Å². The minimum atomic E-state index is 0.358. The van der Waals surface area contributed by atoms with Gasteiger partial charge in [-0.1, -0.05) is 34.6 Å².